The van der Waals surface area contributed by atoms with Crippen LogP contribution in [0.2, 0.25) is 0 Å². The normalized spacial score (nSPS) is 13.6. The molecule has 0 saturated carbocycles. The van der Waals surface area contributed by atoms with E-state index >= 15 is 0 Å². The number of pyridine rings is 1. The molecule has 0 fully saturated rings. The number of para-hydroxylation sites is 1. The van der Waals surface area contributed by atoms with Gasteiger partial charge in [0.05, 0.1) is 17.3 Å². The number of rotatable bonds is 6. The van der Waals surface area contributed by atoms with Gasteiger partial charge in [0.15, 0.2) is 5.58 Å². The molecule has 4 rings (SSSR count). The number of hydrogen-bond donors (Lipinski definition) is 1. The predicted molar refractivity (Wildman–Crippen MR) is 126 cm³/mol. The number of fused-ring (bicyclic) bond motifs is 1. The van der Waals surface area contributed by atoms with Crippen LogP contribution in [0.5, 0.6) is 0 Å². The van der Waals surface area contributed by atoms with Gasteiger partial charge >= 0.3 is 0 Å². The third-order valence-corrected chi connectivity index (χ3v) is 6.79. The van der Waals surface area contributed by atoms with Crippen molar-refractivity contribution in [3.8, 4) is 17.3 Å². The lowest BCUT2D eigenvalue weighted by Gasteiger charge is -2.29. The predicted octanol–water partition coefficient (Wildman–Crippen LogP) is 5.10. The van der Waals surface area contributed by atoms with Crippen molar-refractivity contribution in [1.82, 2.24) is 14.9 Å². The van der Waals surface area contributed by atoms with E-state index in [4.69, 9.17) is 4.52 Å². The van der Waals surface area contributed by atoms with Gasteiger partial charge in [-0.05, 0) is 50.6 Å². The Kier molecular flexibility index (Phi) is 6.28. The van der Waals surface area contributed by atoms with Crippen LogP contribution >= 0.6 is 0 Å². The average Bonchev–Trinajstić information content (AvgIpc) is 3.22. The average molecular weight is 445 g/mol. The fraction of sp³-hybridized carbons (Fsp3) is 0.240. The van der Waals surface area contributed by atoms with Gasteiger partial charge in [-0.3, -0.25) is 4.98 Å². The monoisotopic (exact) mass is 444 g/mol. The fourth-order valence-corrected chi connectivity index (χ4v) is 4.34. The van der Waals surface area contributed by atoms with Gasteiger partial charge in [0.2, 0.25) is 0 Å². The lowest BCUT2D eigenvalue weighted by Crippen LogP contribution is -2.42. The van der Waals surface area contributed by atoms with E-state index in [0.717, 1.165) is 22.2 Å². The molecule has 0 radical (unpaired) electrons. The quantitative estimate of drug-likeness (QED) is 0.416. The Balaban J connectivity index is 1.82. The van der Waals surface area contributed by atoms with Crippen LogP contribution in [0.25, 0.3) is 22.2 Å². The molecule has 1 N–H and O–H groups in total. The van der Waals surface area contributed by atoms with Crippen molar-refractivity contribution in [2.24, 2.45) is 0 Å². The number of nitrogens with zero attached hydrogens (tertiary/aromatic N) is 3. The molecule has 0 aliphatic rings. The topological polar surface area (TPSA) is 97.8 Å². The number of nitriles is 1. The van der Waals surface area contributed by atoms with Crippen molar-refractivity contribution in [2.75, 3.05) is 0 Å². The van der Waals surface area contributed by atoms with Crippen molar-refractivity contribution in [2.45, 2.75) is 38.0 Å². The molecule has 0 aliphatic heterocycles. The smallest absolute Gasteiger partial charge is 0.167 e. The zero-order valence-electron chi connectivity index (χ0n) is 18.2. The molecule has 0 amide bonds. The first-order valence-corrected chi connectivity index (χ1v) is 11.5. The van der Waals surface area contributed by atoms with Crippen LogP contribution in [-0.2, 0) is 17.8 Å². The van der Waals surface area contributed by atoms with Gasteiger partial charge in [-0.2, -0.15) is 5.26 Å². The Morgan fingerprint density at radius 3 is 2.62 bits per heavy atom. The summed E-state index contributed by atoms with van der Waals surface area (Å²) in [5.41, 5.74) is 4.39. The van der Waals surface area contributed by atoms with Gasteiger partial charge in [-0.25, -0.2) is 0 Å². The Bertz CT molecular complexity index is 1270. The Hall–Kier alpha value is -3.18. The molecule has 2 atom stereocenters. The molecule has 4 aromatic rings. The first kappa shape index (κ1) is 22.0. The fourth-order valence-electron chi connectivity index (χ4n) is 3.51. The van der Waals surface area contributed by atoms with Crippen molar-refractivity contribution in [3.63, 3.8) is 0 Å². The molecule has 0 spiro atoms. The highest BCUT2D eigenvalue weighted by Crippen LogP contribution is 2.35. The van der Waals surface area contributed by atoms with Gasteiger partial charge in [-0.15, -0.1) is 4.72 Å². The van der Waals surface area contributed by atoms with Crippen LogP contribution < -0.4 is 4.72 Å². The van der Waals surface area contributed by atoms with Gasteiger partial charge < -0.3 is 9.08 Å². The molecule has 0 bridgehead atoms. The second-order valence-corrected chi connectivity index (χ2v) is 10.5. The van der Waals surface area contributed by atoms with E-state index in [1.165, 1.54) is 0 Å². The summed E-state index contributed by atoms with van der Waals surface area (Å²) in [6.45, 7) is 5.77. The van der Waals surface area contributed by atoms with E-state index in [0.29, 0.717) is 23.3 Å². The molecular weight excluding hydrogens is 420 g/mol. The summed E-state index contributed by atoms with van der Waals surface area (Å²) in [4.78, 5) is 4.43. The van der Waals surface area contributed by atoms with Gasteiger partial charge in [-0.1, -0.05) is 41.6 Å². The van der Waals surface area contributed by atoms with Gasteiger partial charge in [0.25, 0.3) is 0 Å². The molecule has 1 unspecified atom stereocenters. The van der Waals surface area contributed by atoms with Crippen LogP contribution in [0.3, 0.4) is 0 Å². The highest BCUT2D eigenvalue weighted by Gasteiger charge is 2.32. The summed E-state index contributed by atoms with van der Waals surface area (Å²) < 4.78 is 21.5. The number of aromatic nitrogens is 2. The van der Waals surface area contributed by atoms with Gasteiger partial charge in [0, 0.05) is 34.9 Å². The van der Waals surface area contributed by atoms with Crippen molar-refractivity contribution in [1.29, 1.82) is 5.26 Å². The van der Waals surface area contributed by atoms with Crippen LogP contribution in [0, 0.1) is 11.3 Å². The minimum absolute atomic E-state index is 0.358. The maximum atomic E-state index is 13.1. The van der Waals surface area contributed by atoms with E-state index in [2.05, 4.69) is 20.9 Å². The zero-order valence-corrected chi connectivity index (χ0v) is 19.0. The summed E-state index contributed by atoms with van der Waals surface area (Å²) in [5.74, 6) is 0. The molecule has 7 heteroatoms. The number of hydrogen-bond acceptors (Lipinski definition) is 6. The standard InChI is InChI=1S/C25H24N4O2S/c1-25(2,3)32(30)29-22(15-21-17(16-26)9-8-14-27-21)18-10-4-5-11-19(18)24-20-12-6-7-13-23(20)31-28-24/h4-14,22,29H,15H2,1-3H3/t22-,32?/m0/s1. The Morgan fingerprint density at radius 2 is 1.84 bits per heavy atom. The molecule has 0 saturated heterocycles. The first-order chi connectivity index (χ1) is 15.4. The maximum absolute atomic E-state index is 13.1. The summed E-state index contributed by atoms with van der Waals surface area (Å²) in [7, 11) is 0. The van der Waals surface area contributed by atoms with E-state index in [-0.39, 0.29) is 6.04 Å². The Labute approximate surface area is 190 Å². The molecule has 2 heterocycles. The first-order valence-electron chi connectivity index (χ1n) is 10.3. The summed E-state index contributed by atoms with van der Waals surface area (Å²) in [6.07, 6.45) is 2.07. The van der Waals surface area contributed by atoms with Crippen LogP contribution in [-0.4, -0.2) is 19.4 Å². The van der Waals surface area contributed by atoms with Crippen LogP contribution in [0.4, 0.5) is 0 Å². The van der Waals surface area contributed by atoms with Crippen molar-refractivity contribution < 1.29 is 9.08 Å². The second kappa shape index (κ2) is 9.13. The number of nitrogens with one attached hydrogen (secondary N) is 1. The molecule has 6 nitrogen and oxygen atoms in total. The SMILES string of the molecule is CC(C)(C)[S+]([O-])N[C@@H](Cc1ncccc1C#N)c1ccccc1-c1noc2ccccc12. The van der Waals surface area contributed by atoms with Gasteiger partial charge in [0.1, 0.15) is 16.5 Å². The minimum atomic E-state index is -1.34. The van der Waals surface area contributed by atoms with E-state index in [1.807, 2.05) is 69.3 Å². The van der Waals surface area contributed by atoms with Crippen LogP contribution in [0.1, 0.15) is 43.6 Å². The molecular formula is C25H24N4O2S. The second-order valence-electron chi connectivity index (χ2n) is 8.48. The minimum Gasteiger partial charge on any atom is -0.598 e. The molecule has 162 valence electrons. The highest BCUT2D eigenvalue weighted by molar-refractivity contribution is 7.90. The molecule has 32 heavy (non-hydrogen) atoms. The van der Waals surface area contributed by atoms with Crippen molar-refractivity contribution in [3.05, 3.63) is 83.7 Å². The third-order valence-electron chi connectivity index (χ3n) is 5.18. The molecule has 0 aliphatic carbocycles. The maximum Gasteiger partial charge on any atom is 0.167 e. The van der Waals surface area contributed by atoms with E-state index in [1.54, 1.807) is 18.3 Å². The van der Waals surface area contributed by atoms with E-state index < -0.39 is 16.1 Å². The highest BCUT2D eigenvalue weighted by atomic mass is 32.2. The summed E-state index contributed by atoms with van der Waals surface area (Å²) >= 11 is -1.34. The lowest BCUT2D eigenvalue weighted by molar-refractivity contribution is 0.459. The molecule has 2 aromatic carbocycles. The number of benzene rings is 2. The van der Waals surface area contributed by atoms with Crippen molar-refractivity contribution >= 4 is 22.3 Å². The van der Waals surface area contributed by atoms with Crippen LogP contribution in [0.15, 0.2) is 71.4 Å². The zero-order chi connectivity index (χ0) is 22.7. The van der Waals surface area contributed by atoms with E-state index in [9.17, 15) is 9.81 Å². The summed E-state index contributed by atoms with van der Waals surface area (Å²) in [6, 6.07) is 20.9. The lowest BCUT2D eigenvalue weighted by atomic mass is 9.93. The third kappa shape index (κ3) is 4.53. The molecule has 2 aromatic heterocycles. The summed E-state index contributed by atoms with van der Waals surface area (Å²) in [5, 5.41) is 14.8. The largest absolute Gasteiger partial charge is 0.598 e. The Morgan fingerprint density at radius 1 is 1.09 bits per heavy atom.